The summed E-state index contributed by atoms with van der Waals surface area (Å²) in [5, 5.41) is 5.22. The van der Waals surface area contributed by atoms with Crippen LogP contribution in [0.15, 0.2) is 41.3 Å². The highest BCUT2D eigenvalue weighted by Crippen LogP contribution is 2.29. The molecule has 1 N–H and O–H groups in total. The molecule has 2 aliphatic rings. The molecule has 1 fully saturated rings. The molecule has 39 heavy (non-hydrogen) atoms. The van der Waals surface area contributed by atoms with Gasteiger partial charge in [-0.25, -0.2) is 13.4 Å². The first-order valence-corrected chi connectivity index (χ1v) is 15.2. The van der Waals surface area contributed by atoms with Crippen molar-refractivity contribution in [3.05, 3.63) is 57.0 Å². The molecule has 3 aromatic rings. The number of fused-ring (bicyclic) bond motifs is 2. The van der Waals surface area contributed by atoms with Crippen molar-refractivity contribution < 1.29 is 22.7 Å². The van der Waals surface area contributed by atoms with Crippen LogP contribution in [-0.2, 0) is 32.5 Å². The molecule has 208 valence electrons. The van der Waals surface area contributed by atoms with Crippen molar-refractivity contribution in [2.75, 3.05) is 53.5 Å². The summed E-state index contributed by atoms with van der Waals surface area (Å²) in [6.07, 6.45) is 0.764. The zero-order valence-corrected chi connectivity index (χ0v) is 24.1. The maximum Gasteiger partial charge on any atom is 0.283 e. The average molecular weight is 592 g/mol. The molecule has 1 aromatic heterocycles. The Kier molecular flexibility index (Phi) is 8.22. The van der Waals surface area contributed by atoms with E-state index in [1.54, 1.807) is 30.3 Å². The van der Waals surface area contributed by atoms with Crippen LogP contribution in [0.25, 0.3) is 10.8 Å². The van der Waals surface area contributed by atoms with E-state index in [1.807, 2.05) is 7.05 Å². The van der Waals surface area contributed by atoms with Crippen molar-refractivity contribution in [3.63, 3.8) is 0 Å². The summed E-state index contributed by atoms with van der Waals surface area (Å²) in [7, 11) is -0.392. The second-order valence-electron chi connectivity index (χ2n) is 9.69. The number of carbonyl (C=O) groups is 2. The minimum absolute atomic E-state index is 0.0579. The van der Waals surface area contributed by atoms with Gasteiger partial charge in [-0.1, -0.05) is 23.7 Å². The van der Waals surface area contributed by atoms with Crippen LogP contribution in [0.4, 0.5) is 0 Å². The quantitative estimate of drug-likeness (QED) is 0.419. The monoisotopic (exact) mass is 591 g/mol. The van der Waals surface area contributed by atoms with Gasteiger partial charge in [0.2, 0.25) is 15.9 Å². The summed E-state index contributed by atoms with van der Waals surface area (Å²) in [6.45, 7) is 2.09. The third-order valence-corrected chi connectivity index (χ3v) is 10.2. The lowest BCUT2D eigenvalue weighted by molar-refractivity contribution is -0.127. The van der Waals surface area contributed by atoms with E-state index in [-0.39, 0.29) is 37.0 Å². The third kappa shape index (κ3) is 5.81. The number of hydrogen-bond donors (Lipinski definition) is 1. The van der Waals surface area contributed by atoms with Gasteiger partial charge in [0.1, 0.15) is 6.04 Å². The number of carbonyl (C=O) groups excluding carboxylic acids is 2. The molecule has 0 saturated carbocycles. The van der Waals surface area contributed by atoms with Crippen LogP contribution in [0.5, 0.6) is 0 Å². The molecule has 0 bridgehead atoms. The molecule has 2 aliphatic heterocycles. The first-order chi connectivity index (χ1) is 18.7. The number of nitrogens with zero attached hydrogens (tertiary/aromatic N) is 4. The van der Waals surface area contributed by atoms with Crippen molar-refractivity contribution in [1.29, 1.82) is 0 Å². The van der Waals surface area contributed by atoms with E-state index < -0.39 is 22.0 Å². The predicted molar refractivity (Wildman–Crippen MR) is 150 cm³/mol. The number of thiazole rings is 1. The maximum atomic E-state index is 13.7. The maximum absolute atomic E-state index is 13.7. The Morgan fingerprint density at radius 1 is 1.15 bits per heavy atom. The summed E-state index contributed by atoms with van der Waals surface area (Å²) in [5.41, 5.74) is 0.918. The molecule has 0 spiro atoms. The summed E-state index contributed by atoms with van der Waals surface area (Å²) in [5.74, 6) is -0.793. The fourth-order valence-electron chi connectivity index (χ4n) is 4.88. The van der Waals surface area contributed by atoms with Crippen LogP contribution in [0, 0.1) is 0 Å². The molecule has 0 aliphatic carbocycles. The second-order valence-corrected chi connectivity index (χ2v) is 13.1. The highest BCUT2D eigenvalue weighted by atomic mass is 35.5. The number of likely N-dealkylation sites (N-methyl/N-ethyl adjacent to an activating group) is 1. The van der Waals surface area contributed by atoms with Gasteiger partial charge in [0.25, 0.3) is 5.91 Å². The Balaban J connectivity index is 1.41. The van der Waals surface area contributed by atoms with E-state index in [0.717, 1.165) is 40.9 Å². The highest BCUT2D eigenvalue weighted by molar-refractivity contribution is 7.89. The lowest BCUT2D eigenvalue weighted by atomic mass is 10.1. The van der Waals surface area contributed by atoms with E-state index in [0.29, 0.717) is 16.6 Å². The number of rotatable bonds is 7. The van der Waals surface area contributed by atoms with Crippen molar-refractivity contribution >= 4 is 55.5 Å². The van der Waals surface area contributed by atoms with Crippen LogP contribution < -0.4 is 5.32 Å². The zero-order valence-electron chi connectivity index (χ0n) is 21.7. The number of sulfonamides is 1. The topological polar surface area (TPSA) is 112 Å². The van der Waals surface area contributed by atoms with Crippen molar-refractivity contribution in [3.8, 4) is 0 Å². The standard InChI is InChI=1S/C26H30ClN5O5S2/c1-30-9-7-21-23(16-30)38-25(29-21)26(34)32-11-10-31(15-22(32)24(33)28-8-12-37-2)39(35,36)20-6-4-17-13-19(27)5-3-18(17)14-20/h3-6,13-14,22H,7-12,15-16H2,1-2H3,(H,28,33). The molecular formula is C26H30ClN5O5S2. The normalized spacial score (nSPS) is 18.7. The van der Waals surface area contributed by atoms with Crippen molar-refractivity contribution in [2.45, 2.75) is 23.9 Å². The van der Waals surface area contributed by atoms with Gasteiger partial charge in [-0.3, -0.25) is 9.59 Å². The molecule has 1 unspecified atom stereocenters. The van der Waals surface area contributed by atoms with Gasteiger partial charge in [0, 0.05) is 62.7 Å². The van der Waals surface area contributed by atoms with Gasteiger partial charge < -0.3 is 19.9 Å². The number of benzene rings is 2. The summed E-state index contributed by atoms with van der Waals surface area (Å²) in [6, 6.07) is 9.08. The summed E-state index contributed by atoms with van der Waals surface area (Å²) < 4.78 is 33.6. The van der Waals surface area contributed by atoms with Gasteiger partial charge >= 0.3 is 0 Å². The fourth-order valence-corrected chi connectivity index (χ4v) is 7.68. The molecule has 0 radical (unpaired) electrons. The van der Waals surface area contributed by atoms with Crippen LogP contribution in [0.3, 0.4) is 0 Å². The number of methoxy groups -OCH3 is 1. The largest absolute Gasteiger partial charge is 0.383 e. The summed E-state index contributed by atoms with van der Waals surface area (Å²) in [4.78, 5) is 36.3. The van der Waals surface area contributed by atoms with Crippen LogP contribution in [0.1, 0.15) is 20.4 Å². The van der Waals surface area contributed by atoms with E-state index >= 15 is 0 Å². The molecule has 13 heteroatoms. The van der Waals surface area contributed by atoms with Gasteiger partial charge in [0.05, 0.1) is 17.2 Å². The Bertz CT molecular complexity index is 1510. The number of nitrogens with one attached hydrogen (secondary N) is 1. The number of halogens is 1. The second kappa shape index (κ2) is 11.5. The predicted octanol–water partition coefficient (Wildman–Crippen LogP) is 2.22. The first kappa shape index (κ1) is 27.9. The number of ether oxygens (including phenoxy) is 1. The Hall–Kier alpha value is -2.61. The minimum atomic E-state index is -3.94. The molecule has 10 nitrogen and oxygen atoms in total. The summed E-state index contributed by atoms with van der Waals surface area (Å²) >= 11 is 7.41. The van der Waals surface area contributed by atoms with Gasteiger partial charge in [-0.05, 0) is 42.1 Å². The Morgan fingerprint density at radius 3 is 2.72 bits per heavy atom. The van der Waals surface area contributed by atoms with E-state index in [9.17, 15) is 18.0 Å². The third-order valence-electron chi connectivity index (χ3n) is 7.03. The SMILES string of the molecule is COCCNC(=O)C1CN(S(=O)(=O)c2ccc3cc(Cl)ccc3c2)CCN1C(=O)c1nc2c(s1)CN(C)CC2. The highest BCUT2D eigenvalue weighted by Gasteiger charge is 2.41. The van der Waals surface area contributed by atoms with Crippen molar-refractivity contribution in [2.24, 2.45) is 0 Å². The zero-order chi connectivity index (χ0) is 27.7. The first-order valence-electron chi connectivity index (χ1n) is 12.6. The van der Waals surface area contributed by atoms with Crippen LogP contribution in [0.2, 0.25) is 5.02 Å². The molecular weight excluding hydrogens is 562 g/mol. The number of hydrogen-bond acceptors (Lipinski definition) is 8. The van der Waals surface area contributed by atoms with Crippen LogP contribution in [-0.4, -0.2) is 98.9 Å². The van der Waals surface area contributed by atoms with Crippen LogP contribution >= 0.6 is 22.9 Å². The van der Waals surface area contributed by atoms with E-state index in [4.69, 9.17) is 16.3 Å². The van der Waals surface area contributed by atoms with Crippen molar-refractivity contribution in [1.82, 2.24) is 24.4 Å². The fraction of sp³-hybridized carbons (Fsp3) is 0.423. The molecule has 2 aromatic carbocycles. The smallest absolute Gasteiger partial charge is 0.283 e. The molecule has 2 amide bonds. The lowest BCUT2D eigenvalue weighted by Crippen LogP contribution is -2.61. The van der Waals surface area contributed by atoms with Gasteiger partial charge in [0.15, 0.2) is 5.01 Å². The molecule has 1 atom stereocenters. The molecule has 1 saturated heterocycles. The van der Waals surface area contributed by atoms with Gasteiger partial charge in [-0.2, -0.15) is 4.31 Å². The number of amides is 2. The molecule has 5 rings (SSSR count). The number of aromatic nitrogens is 1. The average Bonchev–Trinajstić information content (AvgIpc) is 3.35. The van der Waals surface area contributed by atoms with Gasteiger partial charge in [-0.15, -0.1) is 11.3 Å². The minimum Gasteiger partial charge on any atom is -0.383 e. The Labute approximate surface area is 236 Å². The lowest BCUT2D eigenvalue weighted by Gasteiger charge is -2.39. The Morgan fingerprint density at radius 2 is 1.92 bits per heavy atom. The number of piperazine rings is 1. The molecule has 3 heterocycles. The van der Waals surface area contributed by atoms with E-state index in [2.05, 4.69) is 15.2 Å². The van der Waals surface area contributed by atoms with E-state index in [1.165, 1.54) is 33.7 Å².